The highest BCUT2D eigenvalue weighted by molar-refractivity contribution is 7.99. The van der Waals surface area contributed by atoms with Gasteiger partial charge in [0, 0.05) is 28.4 Å². The molecule has 0 aliphatic carbocycles. The van der Waals surface area contributed by atoms with Gasteiger partial charge in [-0.2, -0.15) is 5.10 Å². The molecule has 1 amide bonds. The Hall–Kier alpha value is -3.38. The first kappa shape index (κ1) is 14.6. The molecular weight excluding hydrogens is 368 g/mol. The molecule has 4 rings (SSSR count). The minimum absolute atomic E-state index is 0.0275. The maximum Gasteiger partial charge on any atom is 0.252 e. The number of aromatic amines is 1. The molecule has 0 saturated carbocycles. The van der Waals surface area contributed by atoms with Crippen LogP contribution in [0.1, 0.15) is 25.9 Å². The van der Waals surface area contributed by atoms with Crippen LogP contribution in [0, 0.1) is 0 Å². The van der Waals surface area contributed by atoms with E-state index in [1.54, 1.807) is 49.7 Å². The smallest absolute Gasteiger partial charge is 0.252 e. The maximum absolute atomic E-state index is 12.2. The van der Waals surface area contributed by atoms with Gasteiger partial charge in [-0.1, -0.05) is 30.0 Å². The highest BCUT2D eigenvalue weighted by atomic mass is 32.2. The Morgan fingerprint density at radius 3 is 2.86 bits per heavy atom. The average Bonchev–Trinajstić information content (AvgIpc) is 3.24. The summed E-state index contributed by atoms with van der Waals surface area (Å²) in [5.41, 5.74) is 2.03. The summed E-state index contributed by atoms with van der Waals surface area (Å²) >= 11 is 1.13. The molecule has 0 unspecified atom stereocenters. The van der Waals surface area contributed by atoms with Crippen LogP contribution in [0.5, 0.6) is 0 Å². The summed E-state index contributed by atoms with van der Waals surface area (Å²) in [6.07, 6.45) is 5.17. The molecule has 0 radical (unpaired) electrons. The lowest BCUT2D eigenvalue weighted by atomic mass is 10.2. The van der Waals surface area contributed by atoms with Crippen LogP contribution >= 0.6 is 11.8 Å². The van der Waals surface area contributed by atoms with Crippen molar-refractivity contribution in [3.8, 4) is 0 Å². The van der Waals surface area contributed by atoms with E-state index in [0.717, 1.165) is 17.5 Å². The fourth-order valence-electron chi connectivity index (χ4n) is 2.64. The Bertz CT molecular complexity index is 1310. The van der Waals surface area contributed by atoms with Gasteiger partial charge >= 0.3 is 0 Å². The van der Waals surface area contributed by atoms with Crippen molar-refractivity contribution in [1.29, 1.82) is 0 Å². The molecule has 28 heavy (non-hydrogen) atoms. The van der Waals surface area contributed by atoms with E-state index in [9.17, 15) is 4.79 Å². The quantitative estimate of drug-likeness (QED) is 0.522. The van der Waals surface area contributed by atoms with Crippen molar-refractivity contribution in [2.75, 3.05) is 7.05 Å². The molecule has 4 aromatic rings. The van der Waals surface area contributed by atoms with Crippen molar-refractivity contribution in [2.45, 2.75) is 9.79 Å². The summed E-state index contributed by atoms with van der Waals surface area (Å²) in [5, 5.41) is 10.1. The summed E-state index contributed by atoms with van der Waals surface area (Å²) in [6, 6.07) is 12.5. The van der Waals surface area contributed by atoms with Crippen LogP contribution in [-0.2, 0) is 0 Å². The Balaban J connectivity index is 1.78. The molecule has 0 aliphatic rings. The number of nitrogens with zero attached hydrogens (tertiary/aromatic N) is 2. The first-order valence-electron chi connectivity index (χ1n) is 10.1. The van der Waals surface area contributed by atoms with Gasteiger partial charge < -0.3 is 5.32 Å². The van der Waals surface area contributed by atoms with E-state index in [-0.39, 0.29) is 28.9 Å². The molecule has 0 bridgehead atoms. The van der Waals surface area contributed by atoms with E-state index in [2.05, 4.69) is 20.5 Å². The number of aromatic nitrogens is 3. The Labute approximate surface area is 171 Å². The third-order valence-corrected chi connectivity index (χ3v) is 4.99. The zero-order valence-electron chi connectivity index (χ0n) is 18.0. The lowest BCUT2D eigenvalue weighted by Gasteiger charge is -2.08. The Morgan fingerprint density at radius 2 is 2.04 bits per heavy atom. The average molecular weight is 389 g/mol. The first-order chi connectivity index (χ1) is 15.0. The van der Waals surface area contributed by atoms with Crippen LogP contribution in [0.4, 0.5) is 0 Å². The van der Waals surface area contributed by atoms with Crippen molar-refractivity contribution in [1.82, 2.24) is 20.5 Å². The van der Waals surface area contributed by atoms with E-state index in [1.807, 2.05) is 18.2 Å². The topological polar surface area (TPSA) is 70.7 Å². The molecule has 0 atom stereocenters. The van der Waals surface area contributed by atoms with Crippen molar-refractivity contribution < 1.29 is 8.91 Å². The number of nitrogens with one attached hydrogen (secondary N) is 2. The normalized spacial score (nSPS) is 12.7. The van der Waals surface area contributed by atoms with E-state index in [1.165, 1.54) is 0 Å². The van der Waals surface area contributed by atoms with Gasteiger partial charge in [0.2, 0.25) is 0 Å². The number of hydrogen-bond acceptors (Lipinski definition) is 4. The molecule has 0 spiro atoms. The summed E-state index contributed by atoms with van der Waals surface area (Å²) < 4.78 is 25.7. The second-order valence-corrected chi connectivity index (χ2v) is 6.88. The van der Waals surface area contributed by atoms with Crippen LogP contribution in [0.2, 0.25) is 0 Å². The van der Waals surface area contributed by atoms with Gasteiger partial charge in [0.25, 0.3) is 5.91 Å². The Kier molecular flexibility index (Phi) is 4.24. The van der Waals surface area contributed by atoms with Gasteiger partial charge in [-0.3, -0.25) is 14.9 Å². The standard InChI is InChI=1S/C22H18N4OS/c1-23-22(27)18-7-2-3-8-21(18)28-16-10-11-17-19(25-26-20(17)14-16)12-9-15-6-4-5-13-24-15/h2-14H,1H3,(H,23,27)(H,25,26)/b12-9+/i10D,11D,14D. The third-order valence-electron chi connectivity index (χ3n) is 4.00. The molecule has 0 fully saturated rings. The molecule has 2 heterocycles. The van der Waals surface area contributed by atoms with Gasteiger partial charge in [0.05, 0.1) is 26.6 Å². The second-order valence-electron chi connectivity index (χ2n) is 5.83. The van der Waals surface area contributed by atoms with Crippen LogP contribution in [0.3, 0.4) is 0 Å². The van der Waals surface area contributed by atoms with E-state index in [4.69, 9.17) is 4.11 Å². The monoisotopic (exact) mass is 389 g/mol. The molecule has 2 N–H and O–H groups in total. The number of carbonyl (C=O) groups excluding carboxylic acids is 1. The SMILES string of the molecule is [2H]c1c(Sc2ccccc2C(=O)NC)c([2H])c2[nH]nc(/C=C/c3ccccn3)c2c1[2H]. The molecule has 138 valence electrons. The first-order valence-corrected chi connectivity index (χ1v) is 9.38. The van der Waals surface area contributed by atoms with Crippen LogP contribution in [-0.4, -0.2) is 28.1 Å². The number of fused-ring (bicyclic) bond motifs is 1. The van der Waals surface area contributed by atoms with Crippen LogP contribution in [0.25, 0.3) is 23.1 Å². The fourth-order valence-corrected chi connectivity index (χ4v) is 3.53. The molecule has 2 aromatic carbocycles. The minimum atomic E-state index is -0.253. The molecule has 5 nitrogen and oxygen atoms in total. The molecule has 6 heteroatoms. The van der Waals surface area contributed by atoms with Gasteiger partial charge in [-0.05, 0) is 54.5 Å². The Morgan fingerprint density at radius 1 is 1.18 bits per heavy atom. The molecule has 0 aliphatic heterocycles. The van der Waals surface area contributed by atoms with Crippen molar-refractivity contribution in [2.24, 2.45) is 0 Å². The maximum atomic E-state index is 12.2. The number of rotatable bonds is 5. The summed E-state index contributed by atoms with van der Waals surface area (Å²) in [5.74, 6) is -0.253. The lowest BCUT2D eigenvalue weighted by Crippen LogP contribution is -2.18. The largest absolute Gasteiger partial charge is 0.355 e. The lowest BCUT2D eigenvalue weighted by molar-refractivity contribution is 0.0960. The zero-order valence-corrected chi connectivity index (χ0v) is 15.8. The van der Waals surface area contributed by atoms with Crippen molar-refractivity contribution in [3.05, 3.63) is 83.7 Å². The van der Waals surface area contributed by atoms with Gasteiger partial charge in [-0.25, -0.2) is 0 Å². The number of carbonyl (C=O) groups is 1. The number of benzene rings is 2. The zero-order chi connectivity index (χ0) is 22.0. The van der Waals surface area contributed by atoms with Gasteiger partial charge in [0.1, 0.15) is 0 Å². The van der Waals surface area contributed by atoms with E-state index >= 15 is 0 Å². The van der Waals surface area contributed by atoms with Crippen LogP contribution < -0.4 is 5.32 Å². The number of amides is 1. The summed E-state index contributed by atoms with van der Waals surface area (Å²) in [6.45, 7) is 0. The number of H-pyrrole nitrogens is 1. The highest BCUT2D eigenvalue weighted by Crippen LogP contribution is 2.32. The predicted molar refractivity (Wildman–Crippen MR) is 113 cm³/mol. The number of hydrogen-bond donors (Lipinski definition) is 2. The second kappa shape index (κ2) is 8.10. The van der Waals surface area contributed by atoms with Gasteiger partial charge in [0.15, 0.2) is 0 Å². The highest BCUT2D eigenvalue weighted by Gasteiger charge is 2.11. The molecular formula is C22H18N4OS. The van der Waals surface area contributed by atoms with E-state index < -0.39 is 0 Å². The van der Waals surface area contributed by atoms with Crippen molar-refractivity contribution >= 4 is 40.7 Å². The molecule has 2 aromatic heterocycles. The minimum Gasteiger partial charge on any atom is -0.355 e. The fraction of sp³-hybridized carbons (Fsp3) is 0.0455. The molecule has 0 saturated heterocycles. The summed E-state index contributed by atoms with van der Waals surface area (Å²) in [4.78, 5) is 17.3. The van der Waals surface area contributed by atoms with E-state index in [0.29, 0.717) is 27.1 Å². The van der Waals surface area contributed by atoms with Crippen LogP contribution in [0.15, 0.2) is 76.6 Å². The third kappa shape index (κ3) is 3.82. The predicted octanol–water partition coefficient (Wildman–Crippen LogP) is 4.64. The summed E-state index contributed by atoms with van der Waals surface area (Å²) in [7, 11) is 1.55. The number of pyridine rings is 1. The van der Waals surface area contributed by atoms with Crippen molar-refractivity contribution in [3.63, 3.8) is 0 Å². The van der Waals surface area contributed by atoms with Gasteiger partial charge in [-0.15, -0.1) is 0 Å².